The second kappa shape index (κ2) is 6.58. The van der Waals surface area contributed by atoms with Gasteiger partial charge in [-0.05, 0) is 26.7 Å². The third-order valence-electron chi connectivity index (χ3n) is 2.83. The van der Waals surface area contributed by atoms with E-state index in [1.165, 1.54) is 0 Å². The van der Waals surface area contributed by atoms with Crippen LogP contribution in [0, 0.1) is 16.7 Å². The van der Waals surface area contributed by atoms with Crippen molar-refractivity contribution in [2.45, 2.75) is 32.8 Å². The SMILES string of the molecule is CC(C)OCCNC(=O)C1(C#N)CCOCC1. The van der Waals surface area contributed by atoms with Crippen LogP contribution in [0.3, 0.4) is 0 Å². The first-order valence-corrected chi connectivity index (χ1v) is 5.99. The van der Waals surface area contributed by atoms with Crippen molar-refractivity contribution < 1.29 is 14.3 Å². The van der Waals surface area contributed by atoms with Crippen LogP contribution < -0.4 is 5.32 Å². The fourth-order valence-corrected chi connectivity index (χ4v) is 1.74. The van der Waals surface area contributed by atoms with Crippen LogP contribution in [0.4, 0.5) is 0 Å². The zero-order chi connectivity index (χ0) is 12.7. The van der Waals surface area contributed by atoms with Crippen LogP contribution in [0.1, 0.15) is 26.7 Å². The fourth-order valence-electron chi connectivity index (χ4n) is 1.74. The summed E-state index contributed by atoms with van der Waals surface area (Å²) < 4.78 is 10.5. The molecule has 0 spiro atoms. The molecule has 0 atom stereocenters. The van der Waals surface area contributed by atoms with Crippen molar-refractivity contribution in [1.29, 1.82) is 5.26 Å². The summed E-state index contributed by atoms with van der Waals surface area (Å²) in [6.07, 6.45) is 1.10. The number of carbonyl (C=O) groups is 1. The van der Waals surface area contributed by atoms with Gasteiger partial charge >= 0.3 is 0 Å². The Balaban J connectivity index is 2.37. The molecule has 0 unspecified atom stereocenters. The Labute approximate surface area is 102 Å². The maximum atomic E-state index is 12.0. The van der Waals surface area contributed by atoms with Crippen molar-refractivity contribution in [3.8, 4) is 6.07 Å². The van der Waals surface area contributed by atoms with Gasteiger partial charge < -0.3 is 14.8 Å². The fraction of sp³-hybridized carbons (Fsp3) is 0.833. The Bertz CT molecular complexity index is 291. The summed E-state index contributed by atoms with van der Waals surface area (Å²) in [5, 5.41) is 11.9. The second-order valence-corrected chi connectivity index (χ2v) is 4.48. The molecule has 0 aromatic rings. The molecule has 1 aliphatic heterocycles. The highest BCUT2D eigenvalue weighted by Gasteiger charge is 2.40. The summed E-state index contributed by atoms with van der Waals surface area (Å²) in [7, 11) is 0. The smallest absolute Gasteiger partial charge is 0.240 e. The molecule has 0 bridgehead atoms. The van der Waals surface area contributed by atoms with Crippen LogP contribution >= 0.6 is 0 Å². The highest BCUT2D eigenvalue weighted by molar-refractivity contribution is 5.85. The minimum atomic E-state index is -0.907. The molecule has 0 aliphatic carbocycles. The van der Waals surface area contributed by atoms with Crippen molar-refractivity contribution in [3.05, 3.63) is 0 Å². The van der Waals surface area contributed by atoms with Crippen LogP contribution in [0.5, 0.6) is 0 Å². The Morgan fingerprint density at radius 2 is 2.18 bits per heavy atom. The van der Waals surface area contributed by atoms with Gasteiger partial charge in [0.05, 0.1) is 18.8 Å². The number of nitrogens with one attached hydrogen (secondary N) is 1. The van der Waals surface area contributed by atoms with E-state index >= 15 is 0 Å². The number of nitrogens with zero attached hydrogens (tertiary/aromatic N) is 1. The molecule has 0 radical (unpaired) electrons. The van der Waals surface area contributed by atoms with Crippen molar-refractivity contribution >= 4 is 5.91 Å². The first-order valence-electron chi connectivity index (χ1n) is 5.99. The van der Waals surface area contributed by atoms with E-state index in [4.69, 9.17) is 14.7 Å². The van der Waals surface area contributed by atoms with Gasteiger partial charge in [0.15, 0.2) is 0 Å². The molecule has 0 aromatic heterocycles. The third-order valence-corrected chi connectivity index (χ3v) is 2.83. The third kappa shape index (κ3) is 3.99. The monoisotopic (exact) mass is 240 g/mol. The van der Waals surface area contributed by atoms with E-state index in [1.807, 2.05) is 13.8 Å². The number of hydrogen-bond acceptors (Lipinski definition) is 4. The predicted octanol–water partition coefficient (Wildman–Crippen LogP) is 0.848. The van der Waals surface area contributed by atoms with Gasteiger partial charge in [0.1, 0.15) is 5.41 Å². The Hall–Kier alpha value is -1.12. The summed E-state index contributed by atoms with van der Waals surface area (Å²) in [6, 6.07) is 2.13. The van der Waals surface area contributed by atoms with Gasteiger partial charge in [0.25, 0.3) is 0 Å². The second-order valence-electron chi connectivity index (χ2n) is 4.48. The van der Waals surface area contributed by atoms with Crippen molar-refractivity contribution in [2.75, 3.05) is 26.4 Å². The van der Waals surface area contributed by atoms with E-state index in [0.29, 0.717) is 39.2 Å². The molecule has 1 rings (SSSR count). The molecule has 1 heterocycles. The number of carbonyl (C=O) groups excluding carboxylic acids is 1. The largest absolute Gasteiger partial charge is 0.381 e. The summed E-state index contributed by atoms with van der Waals surface area (Å²) in [4.78, 5) is 12.0. The summed E-state index contributed by atoms with van der Waals surface area (Å²) in [5.74, 6) is -0.198. The van der Waals surface area contributed by atoms with Crippen LogP contribution in [-0.2, 0) is 14.3 Å². The van der Waals surface area contributed by atoms with E-state index in [9.17, 15) is 4.79 Å². The first kappa shape index (κ1) is 13.9. The molecule has 1 amide bonds. The molecule has 5 nitrogen and oxygen atoms in total. The highest BCUT2D eigenvalue weighted by Crippen LogP contribution is 2.29. The lowest BCUT2D eigenvalue weighted by molar-refractivity contribution is -0.132. The van der Waals surface area contributed by atoms with Crippen molar-refractivity contribution in [2.24, 2.45) is 5.41 Å². The van der Waals surface area contributed by atoms with E-state index < -0.39 is 5.41 Å². The number of rotatable bonds is 5. The van der Waals surface area contributed by atoms with Crippen LogP contribution in [-0.4, -0.2) is 38.4 Å². The average molecular weight is 240 g/mol. The quantitative estimate of drug-likeness (QED) is 0.723. The average Bonchev–Trinajstić information content (AvgIpc) is 2.35. The van der Waals surface area contributed by atoms with Crippen LogP contribution in [0.2, 0.25) is 0 Å². The lowest BCUT2D eigenvalue weighted by Crippen LogP contribution is -2.44. The van der Waals surface area contributed by atoms with Gasteiger partial charge in [0.2, 0.25) is 5.91 Å². The molecule has 5 heteroatoms. The summed E-state index contributed by atoms with van der Waals surface area (Å²) in [6.45, 7) is 5.75. The highest BCUT2D eigenvalue weighted by atomic mass is 16.5. The molecular formula is C12H20N2O3. The van der Waals surface area contributed by atoms with Gasteiger partial charge in [-0.1, -0.05) is 0 Å². The topological polar surface area (TPSA) is 71.3 Å². The maximum absolute atomic E-state index is 12.0. The van der Waals surface area contributed by atoms with E-state index in [1.54, 1.807) is 0 Å². The van der Waals surface area contributed by atoms with Gasteiger partial charge in [-0.3, -0.25) is 4.79 Å². The molecule has 17 heavy (non-hydrogen) atoms. The Morgan fingerprint density at radius 3 is 2.71 bits per heavy atom. The van der Waals surface area contributed by atoms with Gasteiger partial charge in [-0.15, -0.1) is 0 Å². The Kier molecular flexibility index (Phi) is 5.39. The summed E-state index contributed by atoms with van der Waals surface area (Å²) >= 11 is 0. The molecule has 1 fully saturated rings. The number of nitriles is 1. The minimum absolute atomic E-state index is 0.153. The van der Waals surface area contributed by atoms with E-state index in [0.717, 1.165) is 0 Å². The number of hydrogen-bond donors (Lipinski definition) is 1. The van der Waals surface area contributed by atoms with E-state index in [-0.39, 0.29) is 12.0 Å². The summed E-state index contributed by atoms with van der Waals surface area (Å²) in [5.41, 5.74) is -0.907. The lowest BCUT2D eigenvalue weighted by atomic mass is 9.81. The molecular weight excluding hydrogens is 220 g/mol. The van der Waals surface area contributed by atoms with Crippen molar-refractivity contribution in [1.82, 2.24) is 5.32 Å². The van der Waals surface area contributed by atoms with Crippen LogP contribution in [0.15, 0.2) is 0 Å². The molecule has 0 saturated carbocycles. The van der Waals surface area contributed by atoms with E-state index in [2.05, 4.69) is 11.4 Å². The van der Waals surface area contributed by atoms with Gasteiger partial charge in [0, 0.05) is 19.8 Å². The molecule has 1 N–H and O–H groups in total. The maximum Gasteiger partial charge on any atom is 0.240 e. The number of amides is 1. The first-order chi connectivity index (χ1) is 8.10. The molecule has 96 valence electrons. The standard InChI is InChI=1S/C12H20N2O3/c1-10(2)17-8-5-14-11(15)12(9-13)3-6-16-7-4-12/h10H,3-8H2,1-2H3,(H,14,15). The predicted molar refractivity (Wildman–Crippen MR) is 62.2 cm³/mol. The normalized spacial score (nSPS) is 18.7. The zero-order valence-electron chi connectivity index (χ0n) is 10.5. The Morgan fingerprint density at radius 1 is 1.53 bits per heavy atom. The lowest BCUT2D eigenvalue weighted by Gasteiger charge is -2.29. The van der Waals surface area contributed by atoms with Gasteiger partial charge in [-0.2, -0.15) is 5.26 Å². The van der Waals surface area contributed by atoms with Crippen LogP contribution in [0.25, 0.3) is 0 Å². The number of ether oxygens (including phenoxy) is 2. The molecule has 1 saturated heterocycles. The molecule has 0 aromatic carbocycles. The zero-order valence-corrected chi connectivity index (χ0v) is 10.5. The van der Waals surface area contributed by atoms with Gasteiger partial charge in [-0.25, -0.2) is 0 Å². The minimum Gasteiger partial charge on any atom is -0.381 e. The molecule has 1 aliphatic rings. The van der Waals surface area contributed by atoms with Crippen molar-refractivity contribution in [3.63, 3.8) is 0 Å².